The third-order valence-electron chi connectivity index (χ3n) is 2.10. The monoisotopic (exact) mass is 277 g/mol. The van der Waals surface area contributed by atoms with Gasteiger partial charge in [-0.3, -0.25) is 0 Å². The summed E-state index contributed by atoms with van der Waals surface area (Å²) in [5.74, 6) is -1.13. The van der Waals surface area contributed by atoms with Crippen molar-refractivity contribution in [3.05, 3.63) is 34.3 Å². The summed E-state index contributed by atoms with van der Waals surface area (Å²) in [6.07, 6.45) is 1.01. The van der Waals surface area contributed by atoms with Gasteiger partial charge in [-0.1, -0.05) is 11.6 Å². The SMILES string of the molecule is CC(NS(C)(=O)=O)c1cc(Cl)ccc1C(=O)O. The van der Waals surface area contributed by atoms with E-state index in [9.17, 15) is 13.2 Å². The number of nitrogens with one attached hydrogen (secondary N) is 1. The lowest BCUT2D eigenvalue weighted by Gasteiger charge is -2.15. The van der Waals surface area contributed by atoms with Gasteiger partial charge in [0.15, 0.2) is 0 Å². The zero-order valence-corrected chi connectivity index (χ0v) is 10.8. The Balaban J connectivity index is 3.19. The van der Waals surface area contributed by atoms with E-state index in [-0.39, 0.29) is 5.56 Å². The number of carboxylic acids is 1. The third kappa shape index (κ3) is 3.99. The van der Waals surface area contributed by atoms with Gasteiger partial charge in [0.1, 0.15) is 0 Å². The molecule has 7 heteroatoms. The van der Waals surface area contributed by atoms with Gasteiger partial charge in [-0.15, -0.1) is 0 Å². The molecule has 1 unspecified atom stereocenters. The molecule has 0 heterocycles. The van der Waals surface area contributed by atoms with E-state index in [0.29, 0.717) is 10.6 Å². The van der Waals surface area contributed by atoms with Crippen LogP contribution in [-0.4, -0.2) is 25.7 Å². The number of hydrogen-bond donors (Lipinski definition) is 2. The van der Waals surface area contributed by atoms with Crippen LogP contribution in [0.3, 0.4) is 0 Å². The Labute approximate surface area is 104 Å². The molecule has 1 rings (SSSR count). The Kier molecular flexibility index (Phi) is 4.13. The summed E-state index contributed by atoms with van der Waals surface area (Å²) in [7, 11) is -3.41. The van der Waals surface area contributed by atoms with Crippen LogP contribution in [0, 0.1) is 0 Å². The Bertz CT molecular complexity index is 541. The van der Waals surface area contributed by atoms with Crippen LogP contribution in [0.1, 0.15) is 28.9 Å². The van der Waals surface area contributed by atoms with Gasteiger partial charge in [-0.2, -0.15) is 0 Å². The number of carbonyl (C=O) groups is 1. The molecule has 0 fully saturated rings. The second-order valence-electron chi connectivity index (χ2n) is 3.65. The molecular weight excluding hydrogens is 266 g/mol. The number of benzene rings is 1. The molecule has 0 saturated carbocycles. The fourth-order valence-corrected chi connectivity index (χ4v) is 2.42. The van der Waals surface area contributed by atoms with Crippen molar-refractivity contribution in [3.8, 4) is 0 Å². The largest absolute Gasteiger partial charge is 0.478 e. The van der Waals surface area contributed by atoms with Crippen molar-refractivity contribution in [1.82, 2.24) is 4.72 Å². The molecule has 0 radical (unpaired) electrons. The highest BCUT2D eigenvalue weighted by atomic mass is 35.5. The molecule has 94 valence electrons. The molecule has 5 nitrogen and oxygen atoms in total. The van der Waals surface area contributed by atoms with Crippen LogP contribution >= 0.6 is 11.6 Å². The minimum Gasteiger partial charge on any atom is -0.478 e. The Morgan fingerprint density at radius 1 is 1.47 bits per heavy atom. The zero-order valence-electron chi connectivity index (χ0n) is 9.27. The number of halogens is 1. The molecule has 0 bridgehead atoms. The highest BCUT2D eigenvalue weighted by molar-refractivity contribution is 7.88. The molecule has 0 saturated heterocycles. The van der Waals surface area contributed by atoms with E-state index in [1.54, 1.807) is 6.92 Å². The molecule has 0 aliphatic heterocycles. The van der Waals surface area contributed by atoms with Crippen molar-refractivity contribution in [1.29, 1.82) is 0 Å². The second kappa shape index (κ2) is 5.03. The summed E-state index contributed by atoms with van der Waals surface area (Å²) in [4.78, 5) is 11.0. The normalized spacial score (nSPS) is 13.4. The number of hydrogen-bond acceptors (Lipinski definition) is 3. The number of rotatable bonds is 4. The summed E-state index contributed by atoms with van der Waals surface area (Å²) >= 11 is 5.77. The second-order valence-corrected chi connectivity index (χ2v) is 5.86. The molecule has 1 atom stereocenters. The van der Waals surface area contributed by atoms with Crippen LogP contribution in [0.2, 0.25) is 5.02 Å². The fraction of sp³-hybridized carbons (Fsp3) is 0.300. The van der Waals surface area contributed by atoms with E-state index < -0.39 is 22.0 Å². The van der Waals surface area contributed by atoms with Gasteiger partial charge in [-0.25, -0.2) is 17.9 Å². The van der Waals surface area contributed by atoms with Crippen LogP contribution in [-0.2, 0) is 10.0 Å². The standard InChI is InChI=1S/C10H12ClNO4S/c1-6(12-17(2,15)16)9-5-7(11)3-4-8(9)10(13)14/h3-6,12H,1-2H3,(H,13,14). The molecule has 17 heavy (non-hydrogen) atoms. The predicted octanol–water partition coefficient (Wildman–Crippen LogP) is 1.65. The Morgan fingerprint density at radius 2 is 2.06 bits per heavy atom. The first-order valence-corrected chi connectivity index (χ1v) is 6.97. The first kappa shape index (κ1) is 14.0. The average Bonchev–Trinajstić information content (AvgIpc) is 2.14. The van der Waals surface area contributed by atoms with Crippen molar-refractivity contribution < 1.29 is 18.3 Å². The predicted molar refractivity (Wildman–Crippen MR) is 64.8 cm³/mol. The number of aromatic carboxylic acids is 1. The molecule has 0 aliphatic rings. The van der Waals surface area contributed by atoms with Crippen LogP contribution in [0.25, 0.3) is 0 Å². The average molecular weight is 278 g/mol. The van der Waals surface area contributed by atoms with E-state index in [4.69, 9.17) is 16.7 Å². The summed E-state index contributed by atoms with van der Waals surface area (Å²) < 4.78 is 24.5. The van der Waals surface area contributed by atoms with Crippen molar-refractivity contribution in [2.45, 2.75) is 13.0 Å². The maximum absolute atomic E-state index is 11.1. The summed E-state index contributed by atoms with van der Waals surface area (Å²) in [5.41, 5.74) is 0.355. The minimum atomic E-state index is -3.41. The van der Waals surface area contributed by atoms with Crippen molar-refractivity contribution in [2.24, 2.45) is 0 Å². The molecule has 0 amide bonds. The van der Waals surface area contributed by atoms with Crippen molar-refractivity contribution in [3.63, 3.8) is 0 Å². The first-order chi connectivity index (χ1) is 7.70. The van der Waals surface area contributed by atoms with Gasteiger partial charge in [0.05, 0.1) is 11.8 Å². The van der Waals surface area contributed by atoms with Gasteiger partial charge < -0.3 is 5.11 Å². The lowest BCUT2D eigenvalue weighted by Crippen LogP contribution is -2.26. The van der Waals surface area contributed by atoms with Gasteiger partial charge in [-0.05, 0) is 30.7 Å². The number of carboxylic acid groups (broad SMARTS) is 1. The van der Waals surface area contributed by atoms with Crippen LogP contribution in [0.4, 0.5) is 0 Å². The third-order valence-corrected chi connectivity index (χ3v) is 3.12. The van der Waals surface area contributed by atoms with E-state index in [0.717, 1.165) is 6.26 Å². The van der Waals surface area contributed by atoms with Gasteiger partial charge in [0.25, 0.3) is 0 Å². The molecule has 1 aromatic carbocycles. The topological polar surface area (TPSA) is 83.5 Å². The molecule has 1 aromatic rings. The molecule has 0 aliphatic carbocycles. The van der Waals surface area contributed by atoms with E-state index in [1.165, 1.54) is 18.2 Å². The van der Waals surface area contributed by atoms with Crippen molar-refractivity contribution in [2.75, 3.05) is 6.26 Å². The molecule has 2 N–H and O–H groups in total. The lowest BCUT2D eigenvalue weighted by atomic mass is 10.0. The van der Waals surface area contributed by atoms with Crippen LogP contribution in [0.15, 0.2) is 18.2 Å². The van der Waals surface area contributed by atoms with E-state index >= 15 is 0 Å². The Morgan fingerprint density at radius 3 is 2.53 bits per heavy atom. The molecule has 0 spiro atoms. The summed E-state index contributed by atoms with van der Waals surface area (Å²) in [5, 5.41) is 9.34. The smallest absolute Gasteiger partial charge is 0.336 e. The highest BCUT2D eigenvalue weighted by Gasteiger charge is 2.18. The summed E-state index contributed by atoms with van der Waals surface area (Å²) in [6.45, 7) is 1.55. The Hall–Kier alpha value is -1.11. The van der Waals surface area contributed by atoms with E-state index in [2.05, 4.69) is 4.72 Å². The van der Waals surface area contributed by atoms with Gasteiger partial charge >= 0.3 is 5.97 Å². The zero-order chi connectivity index (χ0) is 13.2. The van der Waals surface area contributed by atoms with Crippen LogP contribution < -0.4 is 4.72 Å². The fourth-order valence-electron chi connectivity index (χ4n) is 1.47. The quantitative estimate of drug-likeness (QED) is 0.876. The highest BCUT2D eigenvalue weighted by Crippen LogP contribution is 2.22. The van der Waals surface area contributed by atoms with Gasteiger partial charge in [0, 0.05) is 11.1 Å². The maximum Gasteiger partial charge on any atom is 0.336 e. The molecule has 0 aromatic heterocycles. The van der Waals surface area contributed by atoms with Crippen molar-refractivity contribution >= 4 is 27.6 Å². The maximum atomic E-state index is 11.1. The molecular formula is C10H12ClNO4S. The lowest BCUT2D eigenvalue weighted by molar-refractivity contribution is 0.0695. The first-order valence-electron chi connectivity index (χ1n) is 4.71. The number of sulfonamides is 1. The van der Waals surface area contributed by atoms with Crippen LogP contribution in [0.5, 0.6) is 0 Å². The van der Waals surface area contributed by atoms with E-state index in [1.807, 2.05) is 0 Å². The minimum absolute atomic E-state index is 0.0260. The van der Waals surface area contributed by atoms with Gasteiger partial charge in [0.2, 0.25) is 10.0 Å². The summed E-state index contributed by atoms with van der Waals surface area (Å²) in [6, 6.07) is 3.57.